The SMILES string of the molecule is CCc1cccc(C)c1NCCNc1ccc(C)cc1C. The molecule has 2 heteroatoms. The molecule has 2 nitrogen and oxygen atoms in total. The second-order valence-corrected chi connectivity index (χ2v) is 5.63. The number of nitrogens with one attached hydrogen (secondary N) is 2. The molecule has 2 aromatic carbocycles. The fourth-order valence-electron chi connectivity index (χ4n) is 2.67. The molecule has 0 saturated carbocycles. The van der Waals surface area contributed by atoms with Crippen molar-refractivity contribution in [2.24, 2.45) is 0 Å². The molecule has 0 radical (unpaired) electrons. The van der Waals surface area contributed by atoms with Gasteiger partial charge in [0.15, 0.2) is 0 Å². The van der Waals surface area contributed by atoms with E-state index in [-0.39, 0.29) is 0 Å². The zero-order valence-electron chi connectivity index (χ0n) is 13.6. The minimum absolute atomic E-state index is 0.918. The van der Waals surface area contributed by atoms with Crippen molar-refractivity contribution in [3.8, 4) is 0 Å². The van der Waals surface area contributed by atoms with E-state index >= 15 is 0 Å². The Morgan fingerprint density at radius 1 is 0.857 bits per heavy atom. The molecule has 0 aliphatic carbocycles. The molecule has 0 unspecified atom stereocenters. The predicted molar refractivity (Wildman–Crippen MR) is 93.5 cm³/mol. The number of rotatable bonds is 6. The van der Waals surface area contributed by atoms with Crippen molar-refractivity contribution in [1.29, 1.82) is 0 Å². The molecule has 0 saturated heterocycles. The molecule has 2 N–H and O–H groups in total. The molecule has 21 heavy (non-hydrogen) atoms. The maximum atomic E-state index is 3.57. The van der Waals surface area contributed by atoms with Crippen LogP contribution in [0, 0.1) is 20.8 Å². The average Bonchev–Trinajstić information content (AvgIpc) is 2.46. The van der Waals surface area contributed by atoms with Crippen LogP contribution in [0.5, 0.6) is 0 Å². The summed E-state index contributed by atoms with van der Waals surface area (Å²) in [4.78, 5) is 0. The Morgan fingerprint density at radius 2 is 1.62 bits per heavy atom. The number of para-hydroxylation sites is 1. The molecule has 2 rings (SSSR count). The van der Waals surface area contributed by atoms with Gasteiger partial charge in [0, 0.05) is 24.5 Å². The first-order chi connectivity index (χ1) is 10.1. The van der Waals surface area contributed by atoms with Crippen LogP contribution in [0.25, 0.3) is 0 Å². The summed E-state index contributed by atoms with van der Waals surface area (Å²) >= 11 is 0. The van der Waals surface area contributed by atoms with Crippen LogP contribution in [0.15, 0.2) is 36.4 Å². The molecule has 112 valence electrons. The molecule has 2 aromatic rings. The average molecular weight is 282 g/mol. The van der Waals surface area contributed by atoms with Crippen LogP contribution >= 0.6 is 0 Å². The van der Waals surface area contributed by atoms with Crippen molar-refractivity contribution >= 4 is 11.4 Å². The van der Waals surface area contributed by atoms with Crippen molar-refractivity contribution in [2.75, 3.05) is 23.7 Å². The summed E-state index contributed by atoms with van der Waals surface area (Å²) in [7, 11) is 0. The smallest absolute Gasteiger partial charge is 0.0402 e. The van der Waals surface area contributed by atoms with Crippen molar-refractivity contribution in [3.05, 3.63) is 58.7 Å². The van der Waals surface area contributed by atoms with Gasteiger partial charge in [-0.25, -0.2) is 0 Å². The zero-order valence-corrected chi connectivity index (χ0v) is 13.6. The van der Waals surface area contributed by atoms with Gasteiger partial charge in [0.25, 0.3) is 0 Å². The topological polar surface area (TPSA) is 24.1 Å². The van der Waals surface area contributed by atoms with E-state index in [0.29, 0.717) is 0 Å². The predicted octanol–water partition coefficient (Wildman–Crippen LogP) is 4.70. The normalized spacial score (nSPS) is 10.5. The van der Waals surface area contributed by atoms with Crippen molar-refractivity contribution < 1.29 is 0 Å². The summed E-state index contributed by atoms with van der Waals surface area (Å²) in [6.07, 6.45) is 1.06. The van der Waals surface area contributed by atoms with E-state index < -0.39 is 0 Å². The standard InChI is InChI=1S/C19H26N2/c1-5-17-8-6-7-15(3)19(17)21-12-11-20-18-10-9-14(2)13-16(18)4/h6-10,13,20-21H,5,11-12H2,1-4H3. The zero-order chi connectivity index (χ0) is 15.2. The third-order valence-corrected chi connectivity index (χ3v) is 3.86. The van der Waals surface area contributed by atoms with E-state index in [0.717, 1.165) is 19.5 Å². The van der Waals surface area contributed by atoms with Crippen LogP contribution in [0.2, 0.25) is 0 Å². The van der Waals surface area contributed by atoms with E-state index in [1.54, 1.807) is 0 Å². The summed E-state index contributed by atoms with van der Waals surface area (Å²) in [6.45, 7) is 10.5. The van der Waals surface area contributed by atoms with Crippen LogP contribution in [-0.2, 0) is 6.42 Å². The summed E-state index contributed by atoms with van der Waals surface area (Å²) < 4.78 is 0. The van der Waals surface area contributed by atoms with Gasteiger partial charge in [-0.2, -0.15) is 0 Å². The van der Waals surface area contributed by atoms with Gasteiger partial charge in [-0.15, -0.1) is 0 Å². The van der Waals surface area contributed by atoms with E-state index in [1.807, 2.05) is 0 Å². The molecule has 0 aliphatic rings. The molecule has 0 bridgehead atoms. The molecule has 0 atom stereocenters. The Hall–Kier alpha value is -1.96. The lowest BCUT2D eigenvalue weighted by Gasteiger charge is -2.15. The monoisotopic (exact) mass is 282 g/mol. The van der Waals surface area contributed by atoms with Gasteiger partial charge < -0.3 is 10.6 Å². The van der Waals surface area contributed by atoms with Gasteiger partial charge in [-0.05, 0) is 49.9 Å². The second kappa shape index (κ2) is 7.16. The second-order valence-electron chi connectivity index (χ2n) is 5.63. The summed E-state index contributed by atoms with van der Waals surface area (Å²) in [6, 6.07) is 13.0. The Balaban J connectivity index is 1.90. The van der Waals surface area contributed by atoms with Crippen molar-refractivity contribution in [1.82, 2.24) is 0 Å². The van der Waals surface area contributed by atoms with E-state index in [2.05, 4.69) is 74.7 Å². The van der Waals surface area contributed by atoms with Gasteiger partial charge >= 0.3 is 0 Å². The number of aryl methyl sites for hydroxylation is 4. The van der Waals surface area contributed by atoms with Gasteiger partial charge in [-0.3, -0.25) is 0 Å². The van der Waals surface area contributed by atoms with Crippen LogP contribution < -0.4 is 10.6 Å². The molecule has 0 aliphatic heterocycles. The highest BCUT2D eigenvalue weighted by atomic mass is 15.0. The highest BCUT2D eigenvalue weighted by molar-refractivity contribution is 5.57. The first-order valence-electron chi connectivity index (χ1n) is 7.75. The van der Waals surface area contributed by atoms with Crippen LogP contribution in [-0.4, -0.2) is 13.1 Å². The Kier molecular flexibility index (Phi) is 5.26. The fraction of sp³-hybridized carbons (Fsp3) is 0.368. The lowest BCUT2D eigenvalue weighted by atomic mass is 10.1. The highest BCUT2D eigenvalue weighted by Gasteiger charge is 2.03. The van der Waals surface area contributed by atoms with E-state index in [1.165, 1.54) is 33.6 Å². The molecule has 0 spiro atoms. The van der Waals surface area contributed by atoms with Crippen LogP contribution in [0.4, 0.5) is 11.4 Å². The summed E-state index contributed by atoms with van der Waals surface area (Å²) in [5.74, 6) is 0. The summed E-state index contributed by atoms with van der Waals surface area (Å²) in [5, 5.41) is 7.08. The molecular formula is C19H26N2. The van der Waals surface area contributed by atoms with Crippen LogP contribution in [0.1, 0.15) is 29.2 Å². The highest BCUT2D eigenvalue weighted by Crippen LogP contribution is 2.21. The van der Waals surface area contributed by atoms with Gasteiger partial charge in [0.05, 0.1) is 0 Å². The molecule has 0 amide bonds. The van der Waals surface area contributed by atoms with Crippen molar-refractivity contribution in [3.63, 3.8) is 0 Å². The Bertz CT molecular complexity index is 603. The fourth-order valence-corrected chi connectivity index (χ4v) is 2.67. The number of anilines is 2. The largest absolute Gasteiger partial charge is 0.383 e. The molecular weight excluding hydrogens is 256 g/mol. The van der Waals surface area contributed by atoms with E-state index in [4.69, 9.17) is 0 Å². The first-order valence-corrected chi connectivity index (χ1v) is 7.75. The lowest BCUT2D eigenvalue weighted by molar-refractivity contribution is 1.05. The van der Waals surface area contributed by atoms with Crippen LogP contribution in [0.3, 0.4) is 0 Å². The van der Waals surface area contributed by atoms with Gasteiger partial charge in [0.2, 0.25) is 0 Å². The number of benzene rings is 2. The van der Waals surface area contributed by atoms with Gasteiger partial charge in [0.1, 0.15) is 0 Å². The van der Waals surface area contributed by atoms with E-state index in [9.17, 15) is 0 Å². The quantitative estimate of drug-likeness (QED) is 0.751. The molecule has 0 aromatic heterocycles. The third-order valence-electron chi connectivity index (χ3n) is 3.86. The van der Waals surface area contributed by atoms with Gasteiger partial charge in [-0.1, -0.05) is 42.8 Å². The molecule has 0 heterocycles. The molecule has 0 fully saturated rings. The third kappa shape index (κ3) is 4.01. The van der Waals surface area contributed by atoms with Crippen molar-refractivity contribution in [2.45, 2.75) is 34.1 Å². The maximum absolute atomic E-state index is 3.57. The first kappa shape index (κ1) is 15.4. The maximum Gasteiger partial charge on any atom is 0.0402 e. The minimum atomic E-state index is 0.918. The Labute approximate surface area is 128 Å². The minimum Gasteiger partial charge on any atom is -0.383 e. The summed E-state index contributed by atoms with van der Waals surface area (Å²) in [5.41, 5.74) is 7.84. The lowest BCUT2D eigenvalue weighted by Crippen LogP contribution is -2.15. The Morgan fingerprint density at radius 3 is 2.33 bits per heavy atom. The number of hydrogen-bond donors (Lipinski definition) is 2. The number of hydrogen-bond acceptors (Lipinski definition) is 2.